The normalized spacial score (nSPS) is 14.0. The zero-order valence-electron chi connectivity index (χ0n) is 10.5. The number of nitrogens with one attached hydrogen (secondary N) is 1. The fourth-order valence-corrected chi connectivity index (χ4v) is 2.16. The standard InChI is InChI=1S/C15H20BrN/c1-4-6-15(5-2)17-12(3)11-13-7-9-14(16)10-8-13/h1,7-10,12,15,17H,5-6,11H2,2-3H3. The number of hydrogen-bond donors (Lipinski definition) is 1. The summed E-state index contributed by atoms with van der Waals surface area (Å²) in [6.07, 6.45) is 8.28. The fraction of sp³-hybridized carbons (Fsp3) is 0.467. The minimum Gasteiger partial charge on any atom is -0.310 e. The Morgan fingerprint density at radius 1 is 1.35 bits per heavy atom. The van der Waals surface area contributed by atoms with E-state index >= 15 is 0 Å². The summed E-state index contributed by atoms with van der Waals surface area (Å²) in [5.41, 5.74) is 1.35. The molecule has 0 aliphatic rings. The minimum atomic E-state index is 0.436. The SMILES string of the molecule is C#CCC(CC)NC(C)Cc1ccc(Br)cc1. The van der Waals surface area contributed by atoms with Crippen LogP contribution in [0.15, 0.2) is 28.7 Å². The summed E-state index contributed by atoms with van der Waals surface area (Å²) in [5.74, 6) is 2.73. The van der Waals surface area contributed by atoms with Gasteiger partial charge in [-0.15, -0.1) is 12.3 Å². The monoisotopic (exact) mass is 293 g/mol. The molecular formula is C15H20BrN. The quantitative estimate of drug-likeness (QED) is 0.788. The van der Waals surface area contributed by atoms with Gasteiger partial charge in [0.2, 0.25) is 0 Å². The van der Waals surface area contributed by atoms with Crippen molar-refractivity contribution in [1.29, 1.82) is 0 Å². The predicted octanol–water partition coefficient (Wildman–Crippen LogP) is 3.77. The molecule has 17 heavy (non-hydrogen) atoms. The Bertz CT molecular complexity index is 364. The molecule has 1 aromatic carbocycles. The second-order valence-electron chi connectivity index (χ2n) is 4.41. The zero-order valence-corrected chi connectivity index (χ0v) is 12.1. The Balaban J connectivity index is 2.46. The van der Waals surface area contributed by atoms with Crippen LogP contribution in [0.4, 0.5) is 0 Å². The molecule has 1 rings (SSSR count). The lowest BCUT2D eigenvalue weighted by molar-refractivity contribution is 0.437. The molecule has 0 spiro atoms. The first-order chi connectivity index (χ1) is 8.15. The highest BCUT2D eigenvalue weighted by molar-refractivity contribution is 9.10. The van der Waals surface area contributed by atoms with Crippen molar-refractivity contribution >= 4 is 15.9 Å². The molecule has 0 aliphatic carbocycles. The Morgan fingerprint density at radius 3 is 2.53 bits per heavy atom. The van der Waals surface area contributed by atoms with E-state index < -0.39 is 0 Å². The Morgan fingerprint density at radius 2 is 2.00 bits per heavy atom. The Kier molecular flexibility index (Phi) is 6.32. The van der Waals surface area contributed by atoms with Gasteiger partial charge in [-0.3, -0.25) is 0 Å². The number of terminal acetylenes is 1. The van der Waals surface area contributed by atoms with E-state index in [2.05, 4.69) is 65.3 Å². The predicted molar refractivity (Wildman–Crippen MR) is 78.0 cm³/mol. The summed E-state index contributed by atoms with van der Waals surface area (Å²) in [6, 6.07) is 9.37. The first-order valence-electron chi connectivity index (χ1n) is 6.09. The van der Waals surface area contributed by atoms with Gasteiger partial charge in [-0.25, -0.2) is 0 Å². The van der Waals surface area contributed by atoms with Crippen LogP contribution >= 0.6 is 15.9 Å². The average molecular weight is 294 g/mol. The van der Waals surface area contributed by atoms with Crippen LogP contribution in [0.1, 0.15) is 32.3 Å². The van der Waals surface area contributed by atoms with Gasteiger partial charge < -0.3 is 5.32 Å². The molecular weight excluding hydrogens is 274 g/mol. The third kappa shape index (κ3) is 5.39. The minimum absolute atomic E-state index is 0.436. The largest absolute Gasteiger partial charge is 0.310 e. The van der Waals surface area contributed by atoms with E-state index in [0.717, 1.165) is 23.7 Å². The molecule has 0 bridgehead atoms. The van der Waals surface area contributed by atoms with Gasteiger partial charge in [0.25, 0.3) is 0 Å². The van der Waals surface area contributed by atoms with E-state index in [4.69, 9.17) is 6.42 Å². The molecule has 0 saturated carbocycles. The number of hydrogen-bond acceptors (Lipinski definition) is 1. The van der Waals surface area contributed by atoms with Gasteiger partial charge in [-0.1, -0.05) is 35.0 Å². The molecule has 1 aromatic rings. The smallest absolute Gasteiger partial charge is 0.0240 e. The van der Waals surface area contributed by atoms with Crippen molar-refractivity contribution in [2.24, 2.45) is 0 Å². The first-order valence-corrected chi connectivity index (χ1v) is 6.89. The maximum Gasteiger partial charge on any atom is 0.0240 e. The van der Waals surface area contributed by atoms with Crippen LogP contribution in [0.25, 0.3) is 0 Å². The van der Waals surface area contributed by atoms with Gasteiger partial charge >= 0.3 is 0 Å². The summed E-state index contributed by atoms with van der Waals surface area (Å²) in [7, 11) is 0. The number of benzene rings is 1. The topological polar surface area (TPSA) is 12.0 Å². The lowest BCUT2D eigenvalue weighted by Gasteiger charge is -2.20. The van der Waals surface area contributed by atoms with Crippen molar-refractivity contribution in [3.63, 3.8) is 0 Å². The van der Waals surface area contributed by atoms with Gasteiger partial charge in [-0.2, -0.15) is 0 Å². The van der Waals surface area contributed by atoms with E-state index in [1.807, 2.05) is 0 Å². The summed E-state index contributed by atoms with van der Waals surface area (Å²) in [5, 5.41) is 3.58. The molecule has 1 N–H and O–H groups in total. The molecule has 0 saturated heterocycles. The fourth-order valence-electron chi connectivity index (χ4n) is 1.90. The maximum atomic E-state index is 5.35. The van der Waals surface area contributed by atoms with Gasteiger partial charge in [0.15, 0.2) is 0 Å². The number of halogens is 1. The molecule has 2 heteroatoms. The van der Waals surface area contributed by atoms with E-state index in [1.165, 1.54) is 5.56 Å². The van der Waals surface area contributed by atoms with Crippen molar-refractivity contribution in [2.75, 3.05) is 0 Å². The Labute approximate surface area is 113 Å². The Hall–Kier alpha value is -0.780. The maximum absolute atomic E-state index is 5.35. The second-order valence-corrected chi connectivity index (χ2v) is 5.33. The molecule has 0 fully saturated rings. The van der Waals surface area contributed by atoms with Gasteiger partial charge in [-0.05, 0) is 37.5 Å². The molecule has 1 nitrogen and oxygen atoms in total. The lowest BCUT2D eigenvalue weighted by Crippen LogP contribution is -2.37. The van der Waals surface area contributed by atoms with Gasteiger partial charge in [0.1, 0.15) is 0 Å². The second kappa shape index (κ2) is 7.53. The number of rotatable bonds is 6. The van der Waals surface area contributed by atoms with Crippen LogP contribution in [0.2, 0.25) is 0 Å². The highest BCUT2D eigenvalue weighted by atomic mass is 79.9. The van der Waals surface area contributed by atoms with Crippen LogP contribution in [0, 0.1) is 12.3 Å². The van der Waals surface area contributed by atoms with Crippen molar-refractivity contribution in [1.82, 2.24) is 5.32 Å². The van der Waals surface area contributed by atoms with Crippen LogP contribution in [0.3, 0.4) is 0 Å². The summed E-state index contributed by atoms with van der Waals surface area (Å²) < 4.78 is 1.13. The third-order valence-electron chi connectivity index (χ3n) is 2.83. The van der Waals surface area contributed by atoms with E-state index in [0.29, 0.717) is 12.1 Å². The first kappa shape index (κ1) is 14.3. The zero-order chi connectivity index (χ0) is 12.7. The molecule has 0 radical (unpaired) electrons. The molecule has 0 heterocycles. The van der Waals surface area contributed by atoms with Crippen LogP contribution in [-0.4, -0.2) is 12.1 Å². The third-order valence-corrected chi connectivity index (χ3v) is 3.36. The van der Waals surface area contributed by atoms with Crippen molar-refractivity contribution < 1.29 is 0 Å². The molecule has 0 amide bonds. The van der Waals surface area contributed by atoms with E-state index in [1.54, 1.807) is 0 Å². The van der Waals surface area contributed by atoms with E-state index in [9.17, 15) is 0 Å². The highest BCUT2D eigenvalue weighted by Gasteiger charge is 2.09. The summed E-state index contributed by atoms with van der Waals surface area (Å²) >= 11 is 3.45. The average Bonchev–Trinajstić information content (AvgIpc) is 2.31. The lowest BCUT2D eigenvalue weighted by atomic mass is 10.0. The van der Waals surface area contributed by atoms with Crippen molar-refractivity contribution in [3.8, 4) is 12.3 Å². The van der Waals surface area contributed by atoms with Gasteiger partial charge in [0.05, 0.1) is 0 Å². The van der Waals surface area contributed by atoms with Crippen molar-refractivity contribution in [3.05, 3.63) is 34.3 Å². The molecule has 92 valence electrons. The highest BCUT2D eigenvalue weighted by Crippen LogP contribution is 2.12. The van der Waals surface area contributed by atoms with Crippen molar-refractivity contribution in [2.45, 2.75) is 45.2 Å². The molecule has 2 atom stereocenters. The van der Waals surface area contributed by atoms with Crippen LogP contribution in [-0.2, 0) is 6.42 Å². The van der Waals surface area contributed by atoms with Crippen LogP contribution < -0.4 is 5.32 Å². The molecule has 0 aromatic heterocycles. The van der Waals surface area contributed by atoms with E-state index in [-0.39, 0.29) is 0 Å². The van der Waals surface area contributed by atoms with Gasteiger partial charge in [0, 0.05) is 23.0 Å². The van der Waals surface area contributed by atoms with Crippen LogP contribution in [0.5, 0.6) is 0 Å². The summed E-state index contributed by atoms with van der Waals surface area (Å²) in [6.45, 7) is 4.38. The summed E-state index contributed by atoms with van der Waals surface area (Å²) in [4.78, 5) is 0. The molecule has 0 aliphatic heterocycles. The molecule has 2 unspecified atom stereocenters.